The van der Waals surface area contributed by atoms with E-state index in [9.17, 15) is 14.7 Å². The molecule has 9 N–H and O–H groups in total. The predicted molar refractivity (Wildman–Crippen MR) is 74.3 cm³/mol. The molecule has 0 radical (unpaired) electrons. The van der Waals surface area contributed by atoms with Gasteiger partial charge in [0.05, 0.1) is 0 Å². The molecule has 0 heterocycles. The Balaban J connectivity index is 3.18. The summed E-state index contributed by atoms with van der Waals surface area (Å²) >= 11 is 0. The van der Waals surface area contributed by atoms with Crippen molar-refractivity contribution in [2.24, 2.45) is 22.9 Å². The SMILES string of the molecule is Cc1cc(C(N)CC(N)=O)c(O)c(C(N)CC(N)=O)c1. The minimum absolute atomic E-state index is 0.0957. The molecule has 0 aliphatic carbocycles. The lowest BCUT2D eigenvalue weighted by Gasteiger charge is -2.19. The Morgan fingerprint density at radius 2 is 1.40 bits per heavy atom. The monoisotopic (exact) mass is 280 g/mol. The Kier molecular flexibility index (Phi) is 5.06. The standard InChI is InChI=1S/C13H20N4O3/c1-6-2-7(9(14)4-11(16)18)13(20)8(3-6)10(15)5-12(17)19/h2-3,9-10,20H,4-5,14-15H2,1H3,(H2,16,18)(H2,17,19). The zero-order valence-electron chi connectivity index (χ0n) is 11.3. The van der Waals surface area contributed by atoms with Gasteiger partial charge in [-0.1, -0.05) is 17.7 Å². The first-order valence-electron chi connectivity index (χ1n) is 6.13. The second-order valence-corrected chi connectivity index (χ2v) is 4.85. The van der Waals surface area contributed by atoms with Crippen molar-refractivity contribution in [1.82, 2.24) is 0 Å². The lowest BCUT2D eigenvalue weighted by Crippen LogP contribution is -2.23. The van der Waals surface area contributed by atoms with Crippen molar-refractivity contribution in [3.05, 3.63) is 28.8 Å². The van der Waals surface area contributed by atoms with Gasteiger partial charge in [-0.15, -0.1) is 0 Å². The van der Waals surface area contributed by atoms with Crippen LogP contribution in [0.4, 0.5) is 0 Å². The van der Waals surface area contributed by atoms with Crippen LogP contribution in [0.3, 0.4) is 0 Å². The van der Waals surface area contributed by atoms with Crippen LogP contribution >= 0.6 is 0 Å². The molecule has 0 saturated carbocycles. The Hall–Kier alpha value is -2.12. The smallest absolute Gasteiger partial charge is 0.219 e. The number of rotatable bonds is 6. The molecule has 2 atom stereocenters. The number of amides is 2. The maximum Gasteiger partial charge on any atom is 0.219 e. The van der Waals surface area contributed by atoms with Gasteiger partial charge in [0.2, 0.25) is 11.8 Å². The number of aromatic hydroxyl groups is 1. The first-order valence-corrected chi connectivity index (χ1v) is 6.13. The third kappa shape index (κ3) is 3.94. The van der Waals surface area contributed by atoms with Crippen LogP contribution in [0.2, 0.25) is 0 Å². The molecule has 110 valence electrons. The third-order valence-corrected chi connectivity index (χ3v) is 2.95. The fourth-order valence-electron chi connectivity index (χ4n) is 2.05. The van der Waals surface area contributed by atoms with Gasteiger partial charge in [-0.25, -0.2) is 0 Å². The topological polar surface area (TPSA) is 158 Å². The first kappa shape index (κ1) is 15.9. The highest BCUT2D eigenvalue weighted by Gasteiger charge is 2.20. The molecular formula is C13H20N4O3. The fourth-order valence-corrected chi connectivity index (χ4v) is 2.05. The molecule has 0 aromatic heterocycles. The van der Waals surface area contributed by atoms with E-state index in [-0.39, 0.29) is 18.6 Å². The highest BCUT2D eigenvalue weighted by molar-refractivity contribution is 5.75. The number of carbonyl (C=O) groups excluding carboxylic acids is 2. The van der Waals surface area contributed by atoms with Gasteiger partial charge in [-0.2, -0.15) is 0 Å². The minimum Gasteiger partial charge on any atom is -0.507 e. The maximum absolute atomic E-state index is 10.9. The molecule has 1 aromatic rings. The van der Waals surface area contributed by atoms with Gasteiger partial charge in [0.15, 0.2) is 0 Å². The summed E-state index contributed by atoms with van der Waals surface area (Å²) in [6.07, 6.45) is -0.191. The van der Waals surface area contributed by atoms with Crippen LogP contribution in [0.25, 0.3) is 0 Å². The summed E-state index contributed by atoms with van der Waals surface area (Å²) in [4.78, 5) is 21.8. The molecule has 0 spiro atoms. The van der Waals surface area contributed by atoms with E-state index in [4.69, 9.17) is 22.9 Å². The molecule has 20 heavy (non-hydrogen) atoms. The molecule has 0 bridgehead atoms. The van der Waals surface area contributed by atoms with Crippen molar-refractivity contribution in [2.45, 2.75) is 31.8 Å². The molecular weight excluding hydrogens is 260 g/mol. The van der Waals surface area contributed by atoms with Crippen LogP contribution in [0.15, 0.2) is 12.1 Å². The normalized spacial score (nSPS) is 13.8. The van der Waals surface area contributed by atoms with E-state index in [1.807, 2.05) is 0 Å². The van der Waals surface area contributed by atoms with Crippen LogP contribution < -0.4 is 22.9 Å². The molecule has 1 rings (SSSR count). The molecule has 0 fully saturated rings. The number of nitrogens with two attached hydrogens (primary N) is 4. The number of hydrogen-bond donors (Lipinski definition) is 5. The van der Waals surface area contributed by atoms with Crippen LogP contribution in [0.5, 0.6) is 5.75 Å². The van der Waals surface area contributed by atoms with Crippen LogP contribution in [0.1, 0.15) is 41.6 Å². The van der Waals surface area contributed by atoms with E-state index in [0.717, 1.165) is 5.56 Å². The molecule has 2 amide bonds. The van der Waals surface area contributed by atoms with Gasteiger partial charge in [0.1, 0.15) is 5.75 Å². The molecule has 7 heteroatoms. The number of carbonyl (C=O) groups is 2. The summed E-state index contributed by atoms with van der Waals surface area (Å²) in [5.41, 5.74) is 23.4. The van der Waals surface area contributed by atoms with Gasteiger partial charge in [-0.3, -0.25) is 9.59 Å². The van der Waals surface area contributed by atoms with Crippen LogP contribution in [0, 0.1) is 6.92 Å². The molecule has 7 nitrogen and oxygen atoms in total. The average molecular weight is 280 g/mol. The van der Waals surface area contributed by atoms with E-state index in [1.54, 1.807) is 19.1 Å². The minimum atomic E-state index is -0.730. The van der Waals surface area contributed by atoms with Crippen molar-refractivity contribution >= 4 is 11.8 Å². The zero-order valence-corrected chi connectivity index (χ0v) is 11.3. The third-order valence-electron chi connectivity index (χ3n) is 2.95. The summed E-state index contributed by atoms with van der Waals surface area (Å²) in [5, 5.41) is 10.2. The molecule has 0 aliphatic rings. The summed E-state index contributed by atoms with van der Waals surface area (Å²) in [6, 6.07) is 1.85. The highest BCUT2D eigenvalue weighted by atomic mass is 16.3. The van der Waals surface area contributed by atoms with Gasteiger partial charge in [-0.05, 0) is 6.92 Å². The molecule has 0 saturated heterocycles. The van der Waals surface area contributed by atoms with Gasteiger partial charge < -0.3 is 28.0 Å². The Morgan fingerprint density at radius 3 is 1.70 bits per heavy atom. The maximum atomic E-state index is 10.9. The summed E-state index contributed by atoms with van der Waals surface area (Å²) in [6.45, 7) is 1.79. The van der Waals surface area contributed by atoms with Crippen LogP contribution in [-0.2, 0) is 9.59 Å². The van der Waals surface area contributed by atoms with Crippen molar-refractivity contribution in [1.29, 1.82) is 0 Å². The summed E-state index contributed by atoms with van der Waals surface area (Å²) < 4.78 is 0. The average Bonchev–Trinajstić information content (AvgIpc) is 2.29. The van der Waals surface area contributed by atoms with E-state index >= 15 is 0 Å². The second-order valence-electron chi connectivity index (χ2n) is 4.85. The zero-order chi connectivity index (χ0) is 15.4. The van der Waals surface area contributed by atoms with Gasteiger partial charge in [0, 0.05) is 36.1 Å². The van der Waals surface area contributed by atoms with Crippen molar-refractivity contribution < 1.29 is 14.7 Å². The van der Waals surface area contributed by atoms with Gasteiger partial charge >= 0.3 is 0 Å². The highest BCUT2D eigenvalue weighted by Crippen LogP contribution is 2.33. The Bertz CT molecular complexity index is 487. The van der Waals surface area contributed by atoms with E-state index in [2.05, 4.69) is 0 Å². The molecule has 1 aromatic carbocycles. The predicted octanol–water partition coefficient (Wildman–Crippen LogP) is -0.549. The Labute approximate surface area is 116 Å². The summed E-state index contributed by atoms with van der Waals surface area (Å²) in [5.74, 6) is -1.26. The number of benzene rings is 1. The quantitative estimate of drug-likeness (QED) is 0.472. The van der Waals surface area contributed by atoms with E-state index < -0.39 is 23.9 Å². The number of phenols is 1. The number of primary amides is 2. The lowest BCUT2D eigenvalue weighted by molar-refractivity contribution is -0.119. The molecule has 0 aliphatic heterocycles. The number of phenolic OH excluding ortho intramolecular Hbond substituents is 1. The summed E-state index contributed by atoms with van der Waals surface area (Å²) in [7, 11) is 0. The molecule has 2 unspecified atom stereocenters. The number of hydrogen-bond acceptors (Lipinski definition) is 5. The largest absolute Gasteiger partial charge is 0.507 e. The number of aryl methyl sites for hydroxylation is 1. The van der Waals surface area contributed by atoms with Crippen molar-refractivity contribution in [3.8, 4) is 5.75 Å². The van der Waals surface area contributed by atoms with Crippen LogP contribution in [-0.4, -0.2) is 16.9 Å². The van der Waals surface area contributed by atoms with Crippen molar-refractivity contribution in [3.63, 3.8) is 0 Å². The van der Waals surface area contributed by atoms with E-state index in [1.165, 1.54) is 0 Å². The van der Waals surface area contributed by atoms with Gasteiger partial charge in [0.25, 0.3) is 0 Å². The second kappa shape index (κ2) is 6.36. The van der Waals surface area contributed by atoms with E-state index in [0.29, 0.717) is 11.1 Å². The Morgan fingerprint density at radius 1 is 1.05 bits per heavy atom. The first-order chi connectivity index (χ1) is 9.22. The lowest BCUT2D eigenvalue weighted by atomic mass is 9.93. The van der Waals surface area contributed by atoms with Crippen molar-refractivity contribution in [2.75, 3.05) is 0 Å². The fraction of sp³-hybridized carbons (Fsp3) is 0.385.